The number of fused-ring (bicyclic) bond motifs is 2. The first kappa shape index (κ1) is 13.9. The van der Waals surface area contributed by atoms with Crippen molar-refractivity contribution in [2.75, 3.05) is 6.54 Å². The molecular weight excluding hydrogens is 270 g/mol. The number of nitrogens with one attached hydrogen (secondary N) is 1. The number of carboxylic acid groups (broad SMARTS) is 1. The molecule has 2 aliphatic rings. The molecule has 4 unspecified atom stereocenters. The van der Waals surface area contributed by atoms with E-state index in [2.05, 4.69) is 10.4 Å². The van der Waals surface area contributed by atoms with Crippen LogP contribution < -0.4 is 5.32 Å². The second-order valence-corrected chi connectivity index (χ2v) is 5.91. The first-order valence-electron chi connectivity index (χ1n) is 7.24. The van der Waals surface area contributed by atoms with E-state index in [0.717, 1.165) is 12.0 Å². The largest absolute Gasteiger partial charge is 0.481 e. The molecule has 0 spiro atoms. The van der Waals surface area contributed by atoms with Crippen molar-refractivity contribution in [2.45, 2.75) is 19.9 Å². The lowest BCUT2D eigenvalue weighted by Gasteiger charge is -2.23. The quantitative estimate of drug-likeness (QED) is 0.786. The standard InChI is InChI=1S/C15H19N3O3/c1-9-7-17-18(8-9)5-4-16-14(19)12-10-2-3-11(6-10)13(12)15(20)21/h2-3,7-8,10-13H,4-6H2,1H3,(H,16,19)(H,20,21). The van der Waals surface area contributed by atoms with Crippen LogP contribution in [0.1, 0.15) is 12.0 Å². The van der Waals surface area contributed by atoms with Gasteiger partial charge in [0.15, 0.2) is 0 Å². The van der Waals surface area contributed by atoms with Crippen LogP contribution in [0.4, 0.5) is 0 Å². The lowest BCUT2D eigenvalue weighted by molar-refractivity contribution is -0.147. The Kier molecular flexibility index (Phi) is 3.53. The van der Waals surface area contributed by atoms with Crippen LogP contribution >= 0.6 is 0 Å². The highest BCUT2D eigenvalue weighted by Gasteiger charge is 2.51. The van der Waals surface area contributed by atoms with Crippen LogP contribution in [-0.2, 0) is 16.1 Å². The molecule has 1 saturated carbocycles. The summed E-state index contributed by atoms with van der Waals surface area (Å²) in [6.07, 6.45) is 8.40. The number of carbonyl (C=O) groups excluding carboxylic acids is 1. The van der Waals surface area contributed by atoms with Crippen LogP contribution in [0.2, 0.25) is 0 Å². The second-order valence-electron chi connectivity index (χ2n) is 5.91. The van der Waals surface area contributed by atoms with Crippen molar-refractivity contribution in [2.24, 2.45) is 23.7 Å². The summed E-state index contributed by atoms with van der Waals surface area (Å²) >= 11 is 0. The van der Waals surface area contributed by atoms with Crippen LogP contribution in [0.5, 0.6) is 0 Å². The Hall–Kier alpha value is -2.11. The lowest BCUT2D eigenvalue weighted by Crippen LogP contribution is -2.41. The number of aryl methyl sites for hydroxylation is 1. The number of aliphatic carboxylic acids is 1. The van der Waals surface area contributed by atoms with Gasteiger partial charge in [-0.3, -0.25) is 14.3 Å². The molecule has 6 heteroatoms. The minimum atomic E-state index is -0.866. The number of rotatable bonds is 5. The van der Waals surface area contributed by atoms with Crippen LogP contribution in [0.25, 0.3) is 0 Å². The Morgan fingerprint density at radius 1 is 1.38 bits per heavy atom. The average molecular weight is 289 g/mol. The van der Waals surface area contributed by atoms with E-state index in [1.54, 1.807) is 10.9 Å². The first-order chi connectivity index (χ1) is 10.1. The zero-order valence-corrected chi connectivity index (χ0v) is 11.9. The number of carboxylic acids is 1. The maximum atomic E-state index is 12.3. The van der Waals surface area contributed by atoms with Gasteiger partial charge in [0, 0.05) is 12.7 Å². The van der Waals surface area contributed by atoms with Gasteiger partial charge < -0.3 is 10.4 Å². The van der Waals surface area contributed by atoms with Gasteiger partial charge in [-0.2, -0.15) is 5.10 Å². The third-order valence-electron chi connectivity index (χ3n) is 4.45. The summed E-state index contributed by atoms with van der Waals surface area (Å²) in [5.41, 5.74) is 1.07. The SMILES string of the molecule is Cc1cnn(CCNC(=O)C2C3C=CC(C3)C2C(=O)O)c1. The molecule has 0 aliphatic heterocycles. The molecule has 112 valence electrons. The molecule has 1 aromatic heterocycles. The number of hydrogen-bond acceptors (Lipinski definition) is 3. The van der Waals surface area contributed by atoms with Gasteiger partial charge in [0.25, 0.3) is 0 Å². The van der Waals surface area contributed by atoms with Crippen molar-refractivity contribution in [1.82, 2.24) is 15.1 Å². The van der Waals surface area contributed by atoms with Gasteiger partial charge in [0.1, 0.15) is 0 Å². The topological polar surface area (TPSA) is 84.2 Å². The van der Waals surface area contributed by atoms with E-state index < -0.39 is 17.8 Å². The van der Waals surface area contributed by atoms with E-state index in [1.807, 2.05) is 25.3 Å². The monoisotopic (exact) mass is 289 g/mol. The second kappa shape index (κ2) is 5.35. The summed E-state index contributed by atoms with van der Waals surface area (Å²) in [6.45, 7) is 3.01. The molecule has 0 aromatic carbocycles. The van der Waals surface area contributed by atoms with E-state index in [9.17, 15) is 14.7 Å². The molecule has 2 aliphatic carbocycles. The van der Waals surface area contributed by atoms with E-state index in [0.29, 0.717) is 13.1 Å². The van der Waals surface area contributed by atoms with Crippen LogP contribution in [0.15, 0.2) is 24.5 Å². The Morgan fingerprint density at radius 3 is 2.71 bits per heavy atom. The summed E-state index contributed by atoms with van der Waals surface area (Å²) < 4.78 is 1.77. The average Bonchev–Trinajstić information content (AvgIpc) is 3.13. The van der Waals surface area contributed by atoms with Crippen molar-refractivity contribution in [3.05, 3.63) is 30.1 Å². The smallest absolute Gasteiger partial charge is 0.307 e. The highest BCUT2D eigenvalue weighted by molar-refractivity contribution is 5.86. The fraction of sp³-hybridized carbons (Fsp3) is 0.533. The molecular formula is C15H19N3O3. The normalized spacial score (nSPS) is 29.8. The maximum Gasteiger partial charge on any atom is 0.307 e. The molecule has 3 rings (SSSR count). The molecule has 4 atom stereocenters. The Bertz CT molecular complexity index is 593. The van der Waals surface area contributed by atoms with Gasteiger partial charge in [-0.1, -0.05) is 12.2 Å². The van der Waals surface area contributed by atoms with Gasteiger partial charge in [-0.05, 0) is 30.7 Å². The fourth-order valence-corrected chi connectivity index (χ4v) is 3.52. The number of carbonyl (C=O) groups is 2. The molecule has 0 saturated heterocycles. The molecule has 1 fully saturated rings. The van der Waals surface area contributed by atoms with Gasteiger partial charge in [0.05, 0.1) is 24.6 Å². The van der Waals surface area contributed by atoms with E-state index in [1.165, 1.54) is 0 Å². The minimum Gasteiger partial charge on any atom is -0.481 e. The molecule has 1 amide bonds. The fourth-order valence-electron chi connectivity index (χ4n) is 3.52. The van der Waals surface area contributed by atoms with Crippen molar-refractivity contribution in [3.8, 4) is 0 Å². The van der Waals surface area contributed by atoms with Gasteiger partial charge in [0.2, 0.25) is 5.91 Å². The third-order valence-corrected chi connectivity index (χ3v) is 4.45. The molecule has 2 N–H and O–H groups in total. The predicted molar refractivity (Wildman–Crippen MR) is 75.3 cm³/mol. The maximum absolute atomic E-state index is 12.3. The van der Waals surface area contributed by atoms with Gasteiger partial charge in [-0.15, -0.1) is 0 Å². The van der Waals surface area contributed by atoms with E-state index in [4.69, 9.17) is 0 Å². The Morgan fingerprint density at radius 2 is 2.10 bits per heavy atom. The zero-order valence-electron chi connectivity index (χ0n) is 11.9. The van der Waals surface area contributed by atoms with Crippen molar-refractivity contribution >= 4 is 11.9 Å². The van der Waals surface area contributed by atoms with Gasteiger partial charge >= 0.3 is 5.97 Å². The number of aromatic nitrogens is 2. The molecule has 0 radical (unpaired) electrons. The van der Waals surface area contributed by atoms with E-state index in [-0.39, 0.29) is 17.7 Å². The Labute approximate surface area is 122 Å². The predicted octanol–water partition coefficient (Wildman–Crippen LogP) is 0.831. The van der Waals surface area contributed by atoms with Crippen LogP contribution in [0, 0.1) is 30.6 Å². The summed E-state index contributed by atoms with van der Waals surface area (Å²) in [6, 6.07) is 0. The summed E-state index contributed by atoms with van der Waals surface area (Å²) in [4.78, 5) is 23.7. The molecule has 2 bridgehead atoms. The minimum absolute atomic E-state index is 0.0111. The third kappa shape index (κ3) is 2.57. The van der Waals surface area contributed by atoms with Gasteiger partial charge in [-0.25, -0.2) is 0 Å². The van der Waals surface area contributed by atoms with Crippen LogP contribution in [0.3, 0.4) is 0 Å². The summed E-state index contributed by atoms with van der Waals surface area (Å²) in [5, 5.41) is 16.3. The number of amides is 1. The van der Waals surface area contributed by atoms with Crippen molar-refractivity contribution < 1.29 is 14.7 Å². The summed E-state index contributed by atoms with van der Waals surface area (Å²) in [5.74, 6) is -1.94. The highest BCUT2D eigenvalue weighted by atomic mass is 16.4. The highest BCUT2D eigenvalue weighted by Crippen LogP contribution is 2.48. The van der Waals surface area contributed by atoms with E-state index >= 15 is 0 Å². The Balaban J connectivity index is 1.57. The van der Waals surface area contributed by atoms with Crippen molar-refractivity contribution in [3.63, 3.8) is 0 Å². The molecule has 1 aromatic rings. The number of allylic oxidation sites excluding steroid dienone is 2. The van der Waals surface area contributed by atoms with Crippen LogP contribution in [-0.4, -0.2) is 33.3 Å². The molecule has 1 heterocycles. The molecule has 6 nitrogen and oxygen atoms in total. The summed E-state index contributed by atoms with van der Waals surface area (Å²) in [7, 11) is 0. The number of hydrogen-bond donors (Lipinski definition) is 2. The van der Waals surface area contributed by atoms with Crippen molar-refractivity contribution in [1.29, 1.82) is 0 Å². The first-order valence-corrected chi connectivity index (χ1v) is 7.24. The number of nitrogens with zero attached hydrogens (tertiary/aromatic N) is 2. The molecule has 21 heavy (non-hydrogen) atoms. The zero-order chi connectivity index (χ0) is 15.0. The lowest BCUT2D eigenvalue weighted by atomic mass is 9.82.